The second-order valence-corrected chi connectivity index (χ2v) is 5.98. The van der Waals surface area contributed by atoms with Crippen LogP contribution in [-0.4, -0.2) is 42.6 Å². The molecule has 0 bridgehead atoms. The van der Waals surface area contributed by atoms with E-state index in [0.29, 0.717) is 12.6 Å². The lowest BCUT2D eigenvalue weighted by molar-refractivity contribution is -0.136. The fourth-order valence-corrected chi connectivity index (χ4v) is 3.83. The molecule has 0 amide bonds. The molecule has 2 heterocycles. The Balaban J connectivity index is 1.90. The highest BCUT2D eigenvalue weighted by atomic mass is 16.5. The van der Waals surface area contributed by atoms with Crippen molar-refractivity contribution in [1.82, 2.24) is 9.88 Å². The zero-order chi connectivity index (χ0) is 14.6. The van der Waals surface area contributed by atoms with Gasteiger partial charge in [-0.2, -0.15) is 0 Å². The van der Waals surface area contributed by atoms with Crippen LogP contribution in [0.5, 0.6) is 0 Å². The lowest BCUT2D eigenvalue weighted by Gasteiger charge is -2.40. The van der Waals surface area contributed by atoms with Gasteiger partial charge in [0.25, 0.3) is 0 Å². The van der Waals surface area contributed by atoms with Crippen LogP contribution < -0.4 is 0 Å². The number of aromatic amines is 1. The summed E-state index contributed by atoms with van der Waals surface area (Å²) in [4.78, 5) is 17.5. The number of hydrogen-bond acceptors (Lipinski definition) is 3. The van der Waals surface area contributed by atoms with Crippen LogP contribution in [-0.2, 0) is 16.0 Å². The summed E-state index contributed by atoms with van der Waals surface area (Å²) in [6.07, 6.45) is 5.25. The van der Waals surface area contributed by atoms with Crippen LogP contribution in [0.4, 0.5) is 0 Å². The van der Waals surface area contributed by atoms with Crippen molar-refractivity contribution in [2.75, 3.05) is 20.7 Å². The normalized spacial score (nSPS) is 24.6. The van der Waals surface area contributed by atoms with Crippen molar-refractivity contribution in [3.05, 3.63) is 47.2 Å². The van der Waals surface area contributed by atoms with Crippen molar-refractivity contribution in [3.63, 3.8) is 0 Å². The maximum atomic E-state index is 11.9. The average Bonchev–Trinajstić information content (AvgIpc) is 2.92. The van der Waals surface area contributed by atoms with Crippen LogP contribution in [0, 0.1) is 0 Å². The van der Waals surface area contributed by atoms with Crippen LogP contribution in [0.3, 0.4) is 0 Å². The highest BCUT2D eigenvalue weighted by Crippen LogP contribution is 2.41. The van der Waals surface area contributed by atoms with Gasteiger partial charge in [0, 0.05) is 41.2 Å². The monoisotopic (exact) mass is 282 g/mol. The minimum absolute atomic E-state index is 0.215. The molecule has 2 aliphatic rings. The quantitative estimate of drug-likeness (QED) is 0.816. The standard InChI is InChI=1S/C17H18N2O2/c1-19-9-11(17(20)21-2)6-13-12-4-3-5-14-16(12)10(8-18-14)7-15(13)19/h3-6,8,13,15,18H,7,9H2,1-2H3/t13?,15-/m1/s1. The first-order chi connectivity index (χ1) is 10.2. The molecule has 21 heavy (non-hydrogen) atoms. The zero-order valence-electron chi connectivity index (χ0n) is 12.2. The lowest BCUT2D eigenvalue weighted by Crippen LogP contribution is -2.44. The number of nitrogens with zero attached hydrogens (tertiary/aromatic N) is 1. The van der Waals surface area contributed by atoms with Crippen LogP contribution in [0.15, 0.2) is 36.0 Å². The number of H-pyrrole nitrogens is 1. The summed E-state index contributed by atoms with van der Waals surface area (Å²) in [6.45, 7) is 0.656. The SMILES string of the molecule is COC(=O)C1=CC2c3cccc4[nH]cc(c34)C[C@H]2N(C)C1. The molecule has 2 aromatic rings. The molecule has 4 rings (SSSR count). The topological polar surface area (TPSA) is 45.3 Å². The van der Waals surface area contributed by atoms with Gasteiger partial charge in [0.1, 0.15) is 0 Å². The number of hydrogen-bond donors (Lipinski definition) is 1. The van der Waals surface area contributed by atoms with Crippen molar-refractivity contribution < 1.29 is 9.53 Å². The molecule has 4 heteroatoms. The lowest BCUT2D eigenvalue weighted by atomic mass is 9.76. The molecule has 2 atom stereocenters. The smallest absolute Gasteiger partial charge is 0.334 e. The number of ether oxygens (including phenoxy) is 1. The highest BCUT2D eigenvalue weighted by Gasteiger charge is 2.37. The van der Waals surface area contributed by atoms with Crippen molar-refractivity contribution in [1.29, 1.82) is 0 Å². The van der Waals surface area contributed by atoms with Crippen molar-refractivity contribution >= 4 is 16.9 Å². The molecule has 108 valence electrons. The Morgan fingerprint density at radius 1 is 1.43 bits per heavy atom. The summed E-state index contributed by atoms with van der Waals surface area (Å²) in [5.41, 5.74) is 4.64. The molecular weight excluding hydrogens is 264 g/mol. The van der Waals surface area contributed by atoms with Gasteiger partial charge in [-0.05, 0) is 30.7 Å². The Bertz CT molecular complexity index is 759. The van der Waals surface area contributed by atoms with Gasteiger partial charge in [-0.3, -0.25) is 4.90 Å². The second-order valence-electron chi connectivity index (χ2n) is 5.98. The number of esters is 1. The van der Waals surface area contributed by atoms with Crippen molar-refractivity contribution in [3.8, 4) is 0 Å². The molecule has 0 radical (unpaired) electrons. The largest absolute Gasteiger partial charge is 0.466 e. The third-order valence-corrected chi connectivity index (χ3v) is 4.84. The summed E-state index contributed by atoms with van der Waals surface area (Å²) < 4.78 is 4.91. The maximum absolute atomic E-state index is 11.9. The third-order valence-electron chi connectivity index (χ3n) is 4.84. The number of fused-ring (bicyclic) bond motifs is 2. The van der Waals surface area contributed by atoms with E-state index in [2.05, 4.69) is 47.4 Å². The van der Waals surface area contributed by atoms with E-state index in [4.69, 9.17) is 4.74 Å². The van der Waals surface area contributed by atoms with Crippen LogP contribution in [0.2, 0.25) is 0 Å². The molecule has 1 aliphatic carbocycles. The molecule has 0 saturated carbocycles. The summed E-state index contributed by atoms with van der Waals surface area (Å²) in [5, 5.41) is 1.33. The fourth-order valence-electron chi connectivity index (χ4n) is 3.83. The number of carbonyl (C=O) groups is 1. The van der Waals surface area contributed by atoms with Gasteiger partial charge in [0.05, 0.1) is 7.11 Å². The third kappa shape index (κ3) is 1.75. The first-order valence-corrected chi connectivity index (χ1v) is 7.27. The summed E-state index contributed by atoms with van der Waals surface area (Å²) in [7, 11) is 3.53. The van der Waals surface area contributed by atoms with E-state index in [-0.39, 0.29) is 11.9 Å². The number of rotatable bonds is 1. The number of likely N-dealkylation sites (N-methyl/N-ethyl adjacent to an activating group) is 1. The molecule has 1 N–H and O–H groups in total. The van der Waals surface area contributed by atoms with E-state index >= 15 is 0 Å². The van der Waals surface area contributed by atoms with E-state index in [1.54, 1.807) is 0 Å². The molecular formula is C17H18N2O2. The predicted molar refractivity (Wildman–Crippen MR) is 81.3 cm³/mol. The van der Waals surface area contributed by atoms with Gasteiger partial charge < -0.3 is 9.72 Å². The molecule has 1 aromatic carbocycles. The fraction of sp³-hybridized carbons (Fsp3) is 0.353. The van der Waals surface area contributed by atoms with Crippen LogP contribution in [0.1, 0.15) is 17.0 Å². The number of methoxy groups -OCH3 is 1. The van der Waals surface area contributed by atoms with Crippen molar-refractivity contribution in [2.45, 2.75) is 18.4 Å². The second kappa shape index (κ2) is 4.46. The Labute approximate surface area is 123 Å². The summed E-state index contributed by atoms with van der Waals surface area (Å²) in [5.74, 6) is 0.0391. The molecule has 1 aromatic heterocycles. The zero-order valence-corrected chi connectivity index (χ0v) is 12.2. The Morgan fingerprint density at radius 3 is 3.10 bits per heavy atom. The first-order valence-electron chi connectivity index (χ1n) is 7.27. The molecule has 1 unspecified atom stereocenters. The van der Waals surface area contributed by atoms with Gasteiger partial charge in [0.15, 0.2) is 0 Å². The average molecular weight is 282 g/mol. The molecule has 0 spiro atoms. The van der Waals surface area contributed by atoms with Gasteiger partial charge in [-0.1, -0.05) is 18.2 Å². The molecule has 0 saturated heterocycles. The van der Waals surface area contributed by atoms with E-state index in [9.17, 15) is 4.79 Å². The minimum Gasteiger partial charge on any atom is -0.466 e. The van der Waals surface area contributed by atoms with E-state index in [0.717, 1.165) is 12.0 Å². The van der Waals surface area contributed by atoms with Crippen molar-refractivity contribution in [2.24, 2.45) is 0 Å². The molecule has 0 fully saturated rings. The molecule has 1 aliphatic heterocycles. The minimum atomic E-state index is -0.215. The predicted octanol–water partition coefficient (Wildman–Crippen LogP) is 2.22. The Kier molecular flexibility index (Phi) is 2.69. The van der Waals surface area contributed by atoms with Gasteiger partial charge >= 0.3 is 5.97 Å². The van der Waals surface area contributed by atoms with E-state index < -0.39 is 0 Å². The van der Waals surface area contributed by atoms with Gasteiger partial charge in [-0.15, -0.1) is 0 Å². The first kappa shape index (κ1) is 12.7. The van der Waals surface area contributed by atoms with Crippen LogP contribution in [0.25, 0.3) is 10.9 Å². The maximum Gasteiger partial charge on any atom is 0.334 e. The van der Waals surface area contributed by atoms with E-state index in [1.165, 1.54) is 29.1 Å². The van der Waals surface area contributed by atoms with Gasteiger partial charge in [0.2, 0.25) is 0 Å². The van der Waals surface area contributed by atoms with E-state index in [1.807, 2.05) is 0 Å². The van der Waals surface area contributed by atoms with Crippen LogP contribution >= 0.6 is 0 Å². The summed E-state index contributed by atoms with van der Waals surface area (Å²) in [6, 6.07) is 6.79. The number of aromatic nitrogens is 1. The number of benzene rings is 1. The highest BCUT2D eigenvalue weighted by molar-refractivity contribution is 5.91. The number of carbonyl (C=O) groups excluding carboxylic acids is 1. The summed E-state index contributed by atoms with van der Waals surface area (Å²) >= 11 is 0. The van der Waals surface area contributed by atoms with Gasteiger partial charge in [-0.25, -0.2) is 4.79 Å². The Morgan fingerprint density at radius 2 is 2.29 bits per heavy atom. The number of nitrogens with one attached hydrogen (secondary N) is 1. The molecule has 4 nitrogen and oxygen atoms in total. The Hall–Kier alpha value is -2.07.